The summed E-state index contributed by atoms with van der Waals surface area (Å²) in [6.07, 6.45) is 4.66. The van der Waals surface area contributed by atoms with Gasteiger partial charge in [-0.1, -0.05) is 13.3 Å². The van der Waals surface area contributed by atoms with Crippen LogP contribution >= 0.6 is 0 Å². The standard InChI is InChI=1S/C17H27N5O3/c1-3-5-8-18-15-11-14(19-12-20-15)16(23)21-13-6-9-22(10-7-13)17(24)25-4-2/h11-13H,3-10H2,1-2H3,(H,21,23)(H,18,19,20). The van der Waals surface area contributed by atoms with Crippen molar-refractivity contribution in [2.24, 2.45) is 0 Å². The Hall–Kier alpha value is -2.38. The van der Waals surface area contributed by atoms with Crippen LogP contribution in [0.15, 0.2) is 12.4 Å². The molecular formula is C17H27N5O3. The molecule has 1 aromatic rings. The van der Waals surface area contributed by atoms with Gasteiger partial charge in [0.1, 0.15) is 17.8 Å². The monoisotopic (exact) mass is 349 g/mol. The molecule has 0 spiro atoms. The van der Waals surface area contributed by atoms with E-state index >= 15 is 0 Å². The van der Waals surface area contributed by atoms with Crippen molar-refractivity contribution in [1.29, 1.82) is 0 Å². The molecule has 1 saturated heterocycles. The Morgan fingerprint density at radius 1 is 1.28 bits per heavy atom. The predicted molar refractivity (Wildman–Crippen MR) is 94.5 cm³/mol. The SMILES string of the molecule is CCCCNc1cc(C(=O)NC2CCN(C(=O)OCC)CC2)ncn1. The molecule has 0 aromatic carbocycles. The molecule has 1 fully saturated rings. The van der Waals surface area contributed by atoms with Gasteiger partial charge in [0.2, 0.25) is 0 Å². The number of hydrogen-bond donors (Lipinski definition) is 2. The lowest BCUT2D eigenvalue weighted by Crippen LogP contribution is -2.46. The van der Waals surface area contributed by atoms with Crippen LogP contribution in [-0.4, -0.2) is 59.2 Å². The smallest absolute Gasteiger partial charge is 0.409 e. The van der Waals surface area contributed by atoms with E-state index in [1.54, 1.807) is 17.9 Å². The number of hydrogen-bond acceptors (Lipinski definition) is 6. The van der Waals surface area contributed by atoms with Gasteiger partial charge in [-0.15, -0.1) is 0 Å². The summed E-state index contributed by atoms with van der Waals surface area (Å²) in [5.41, 5.74) is 0.349. The van der Waals surface area contributed by atoms with Crippen molar-refractivity contribution in [1.82, 2.24) is 20.2 Å². The van der Waals surface area contributed by atoms with Crippen molar-refractivity contribution in [3.8, 4) is 0 Å². The number of carbonyl (C=O) groups is 2. The number of nitrogens with one attached hydrogen (secondary N) is 2. The molecule has 25 heavy (non-hydrogen) atoms. The minimum absolute atomic E-state index is 0.0321. The molecule has 8 nitrogen and oxygen atoms in total. The predicted octanol–water partition coefficient (Wildman–Crippen LogP) is 2.04. The van der Waals surface area contributed by atoms with Crippen LogP contribution in [0.5, 0.6) is 0 Å². The van der Waals surface area contributed by atoms with Crippen LogP contribution in [0.2, 0.25) is 0 Å². The number of unbranched alkanes of at least 4 members (excludes halogenated alkanes) is 1. The van der Waals surface area contributed by atoms with E-state index < -0.39 is 0 Å². The third-order valence-corrected chi connectivity index (χ3v) is 4.09. The topological polar surface area (TPSA) is 96.5 Å². The molecule has 1 aliphatic heterocycles. The fraction of sp³-hybridized carbons (Fsp3) is 0.647. The Labute approximate surface area is 148 Å². The van der Waals surface area contributed by atoms with Crippen molar-refractivity contribution in [2.45, 2.75) is 45.6 Å². The van der Waals surface area contributed by atoms with Gasteiger partial charge in [-0.25, -0.2) is 14.8 Å². The van der Waals surface area contributed by atoms with Gasteiger partial charge < -0.3 is 20.3 Å². The molecule has 0 unspecified atom stereocenters. The minimum Gasteiger partial charge on any atom is -0.450 e. The average molecular weight is 349 g/mol. The molecule has 0 atom stereocenters. The van der Waals surface area contributed by atoms with Gasteiger partial charge in [-0.05, 0) is 26.2 Å². The van der Waals surface area contributed by atoms with Crippen LogP contribution in [0.3, 0.4) is 0 Å². The second-order valence-electron chi connectivity index (χ2n) is 6.00. The summed E-state index contributed by atoms with van der Waals surface area (Å²) in [4.78, 5) is 33.9. The number of piperidine rings is 1. The first-order valence-electron chi connectivity index (χ1n) is 8.92. The van der Waals surface area contributed by atoms with E-state index in [9.17, 15) is 9.59 Å². The lowest BCUT2D eigenvalue weighted by atomic mass is 10.1. The number of rotatable bonds is 7. The molecule has 2 N–H and O–H groups in total. The maximum Gasteiger partial charge on any atom is 0.409 e. The number of ether oxygens (including phenoxy) is 1. The summed E-state index contributed by atoms with van der Waals surface area (Å²) in [6.45, 7) is 6.26. The molecule has 0 radical (unpaired) electrons. The molecule has 8 heteroatoms. The molecular weight excluding hydrogens is 322 g/mol. The van der Waals surface area contributed by atoms with Crippen LogP contribution in [-0.2, 0) is 4.74 Å². The van der Waals surface area contributed by atoms with E-state index in [2.05, 4.69) is 27.5 Å². The Bertz CT molecular complexity index is 573. The third-order valence-electron chi connectivity index (χ3n) is 4.09. The molecule has 0 saturated carbocycles. The number of aromatic nitrogens is 2. The quantitative estimate of drug-likeness (QED) is 0.731. The Morgan fingerprint density at radius 3 is 2.72 bits per heavy atom. The first kappa shape index (κ1) is 19.0. The lowest BCUT2D eigenvalue weighted by Gasteiger charge is -2.31. The van der Waals surface area contributed by atoms with Crippen LogP contribution in [0, 0.1) is 0 Å². The van der Waals surface area contributed by atoms with E-state index in [0.717, 1.165) is 19.4 Å². The Balaban J connectivity index is 1.82. The minimum atomic E-state index is -0.286. The molecule has 2 amide bonds. The van der Waals surface area contributed by atoms with Crippen LogP contribution in [0.1, 0.15) is 50.0 Å². The highest BCUT2D eigenvalue weighted by atomic mass is 16.6. The van der Waals surface area contributed by atoms with Crippen molar-refractivity contribution in [2.75, 3.05) is 31.6 Å². The zero-order valence-electron chi connectivity index (χ0n) is 15.0. The molecule has 0 bridgehead atoms. The largest absolute Gasteiger partial charge is 0.450 e. The maximum absolute atomic E-state index is 12.4. The summed E-state index contributed by atoms with van der Waals surface area (Å²) in [6, 6.07) is 1.70. The first-order chi connectivity index (χ1) is 12.1. The van der Waals surface area contributed by atoms with Crippen molar-refractivity contribution in [3.63, 3.8) is 0 Å². The van der Waals surface area contributed by atoms with E-state index in [1.165, 1.54) is 6.33 Å². The van der Waals surface area contributed by atoms with Gasteiger partial charge in [0.05, 0.1) is 6.61 Å². The molecule has 2 heterocycles. The fourth-order valence-corrected chi connectivity index (χ4v) is 2.65. The highest BCUT2D eigenvalue weighted by Gasteiger charge is 2.25. The molecule has 1 aliphatic rings. The Morgan fingerprint density at radius 2 is 2.04 bits per heavy atom. The molecule has 0 aliphatic carbocycles. The highest BCUT2D eigenvalue weighted by Crippen LogP contribution is 2.12. The van der Waals surface area contributed by atoms with Gasteiger partial charge in [-0.2, -0.15) is 0 Å². The molecule has 1 aromatic heterocycles. The summed E-state index contributed by atoms with van der Waals surface area (Å²) in [7, 11) is 0. The number of amides is 2. The van der Waals surface area contributed by atoms with Gasteiger partial charge in [0, 0.05) is 31.7 Å². The van der Waals surface area contributed by atoms with E-state index in [1.807, 2.05) is 0 Å². The first-order valence-corrected chi connectivity index (χ1v) is 8.92. The number of carbonyl (C=O) groups excluding carboxylic acids is 2. The van der Waals surface area contributed by atoms with Gasteiger partial charge in [0.25, 0.3) is 5.91 Å². The maximum atomic E-state index is 12.4. The number of likely N-dealkylation sites (tertiary alicyclic amines) is 1. The summed E-state index contributed by atoms with van der Waals surface area (Å²) >= 11 is 0. The summed E-state index contributed by atoms with van der Waals surface area (Å²) < 4.78 is 5.00. The number of nitrogens with zero attached hydrogens (tertiary/aromatic N) is 3. The summed E-state index contributed by atoms with van der Waals surface area (Å²) in [5.74, 6) is 0.446. The van der Waals surface area contributed by atoms with E-state index in [0.29, 0.717) is 44.0 Å². The van der Waals surface area contributed by atoms with Gasteiger partial charge >= 0.3 is 6.09 Å². The van der Waals surface area contributed by atoms with Crippen molar-refractivity contribution in [3.05, 3.63) is 18.1 Å². The average Bonchev–Trinajstić information content (AvgIpc) is 2.63. The van der Waals surface area contributed by atoms with E-state index in [-0.39, 0.29) is 18.0 Å². The second kappa shape index (κ2) is 9.80. The number of anilines is 1. The Kier molecular flexibility index (Phi) is 7.43. The molecule has 138 valence electrons. The summed E-state index contributed by atoms with van der Waals surface area (Å²) in [5, 5.41) is 6.17. The van der Waals surface area contributed by atoms with Crippen LogP contribution < -0.4 is 10.6 Å². The fourth-order valence-electron chi connectivity index (χ4n) is 2.65. The lowest BCUT2D eigenvalue weighted by molar-refractivity contribution is 0.0856. The normalized spacial score (nSPS) is 14.9. The van der Waals surface area contributed by atoms with Gasteiger partial charge in [-0.3, -0.25) is 4.79 Å². The van der Waals surface area contributed by atoms with Gasteiger partial charge in [0.15, 0.2) is 0 Å². The third kappa shape index (κ3) is 5.88. The van der Waals surface area contributed by atoms with Crippen LogP contribution in [0.4, 0.5) is 10.6 Å². The van der Waals surface area contributed by atoms with Crippen molar-refractivity contribution >= 4 is 17.8 Å². The zero-order chi connectivity index (χ0) is 18.1. The highest BCUT2D eigenvalue weighted by molar-refractivity contribution is 5.93. The van der Waals surface area contributed by atoms with Crippen LogP contribution in [0.25, 0.3) is 0 Å². The zero-order valence-corrected chi connectivity index (χ0v) is 15.0. The van der Waals surface area contributed by atoms with Crippen molar-refractivity contribution < 1.29 is 14.3 Å². The second-order valence-corrected chi connectivity index (χ2v) is 6.00. The molecule has 2 rings (SSSR count). The van der Waals surface area contributed by atoms with E-state index in [4.69, 9.17) is 4.74 Å².